The van der Waals surface area contributed by atoms with Crippen molar-refractivity contribution < 1.29 is 9.21 Å². The molecule has 4 rings (SSSR count). The molecule has 2 saturated heterocycles. The Bertz CT molecular complexity index is 715. The molecule has 0 spiro atoms. The highest BCUT2D eigenvalue weighted by Gasteiger charge is 2.38. The Morgan fingerprint density at radius 1 is 1.29 bits per heavy atom. The Morgan fingerprint density at radius 2 is 2.21 bits per heavy atom. The fourth-order valence-corrected chi connectivity index (χ4v) is 3.66. The highest BCUT2D eigenvalue weighted by Crippen LogP contribution is 2.33. The zero-order chi connectivity index (χ0) is 16.5. The smallest absolute Gasteiger partial charge is 0.241 e. The van der Waals surface area contributed by atoms with Crippen LogP contribution in [-0.4, -0.2) is 28.4 Å². The van der Waals surface area contributed by atoms with Crippen LogP contribution in [0.4, 0.5) is 0 Å². The number of likely N-dealkylation sites (tertiary alicyclic amines) is 1. The average Bonchev–Trinajstić information content (AvgIpc) is 3.35. The van der Waals surface area contributed by atoms with Gasteiger partial charge in [-0.15, -0.1) is 0 Å². The number of pyridine rings is 1. The van der Waals surface area contributed by atoms with Crippen LogP contribution in [0.25, 0.3) is 0 Å². The molecule has 126 valence electrons. The highest BCUT2D eigenvalue weighted by molar-refractivity contribution is 5.83. The van der Waals surface area contributed by atoms with Crippen molar-refractivity contribution in [2.75, 3.05) is 6.54 Å². The quantitative estimate of drug-likeness (QED) is 0.905. The number of nitrogens with one attached hydrogen (secondary N) is 2. The van der Waals surface area contributed by atoms with Gasteiger partial charge in [-0.05, 0) is 50.5 Å². The number of rotatable bonds is 3. The molecular formula is C18H22N4O2. The predicted octanol–water partition coefficient (Wildman–Crippen LogP) is 2.25. The van der Waals surface area contributed by atoms with Crippen LogP contribution in [0, 0.1) is 6.92 Å². The fourth-order valence-electron chi connectivity index (χ4n) is 3.66. The van der Waals surface area contributed by atoms with Gasteiger partial charge < -0.3 is 9.32 Å². The molecule has 2 N–H and O–H groups in total. The van der Waals surface area contributed by atoms with Gasteiger partial charge in [0.15, 0.2) is 0 Å². The number of furan rings is 1. The third-order valence-electron chi connectivity index (χ3n) is 4.87. The van der Waals surface area contributed by atoms with Crippen LogP contribution in [0.3, 0.4) is 0 Å². The van der Waals surface area contributed by atoms with Gasteiger partial charge in [0.05, 0.1) is 17.8 Å². The second-order valence-electron chi connectivity index (χ2n) is 6.52. The zero-order valence-corrected chi connectivity index (χ0v) is 13.7. The number of hydrazine groups is 1. The monoisotopic (exact) mass is 326 g/mol. The molecule has 24 heavy (non-hydrogen) atoms. The minimum Gasteiger partial charge on any atom is -0.465 e. The van der Waals surface area contributed by atoms with Gasteiger partial charge in [0.25, 0.3) is 0 Å². The number of nitrogens with zero attached hydrogens (tertiary/aromatic N) is 2. The minimum absolute atomic E-state index is 0.0311. The molecule has 2 aliphatic heterocycles. The summed E-state index contributed by atoms with van der Waals surface area (Å²) in [4.78, 5) is 19.4. The Balaban J connectivity index is 1.46. The van der Waals surface area contributed by atoms with Gasteiger partial charge in [-0.2, -0.15) is 0 Å². The third kappa shape index (κ3) is 2.83. The first-order valence-electron chi connectivity index (χ1n) is 8.51. The van der Waals surface area contributed by atoms with Crippen LogP contribution >= 0.6 is 0 Å². The van der Waals surface area contributed by atoms with Gasteiger partial charge in [0.2, 0.25) is 5.91 Å². The van der Waals surface area contributed by atoms with Crippen molar-refractivity contribution >= 4 is 5.91 Å². The zero-order valence-electron chi connectivity index (χ0n) is 13.7. The van der Waals surface area contributed by atoms with Crippen LogP contribution in [0.2, 0.25) is 0 Å². The van der Waals surface area contributed by atoms with Gasteiger partial charge in [-0.1, -0.05) is 6.07 Å². The lowest BCUT2D eigenvalue weighted by molar-refractivity contribution is -0.134. The van der Waals surface area contributed by atoms with E-state index in [0.29, 0.717) is 6.42 Å². The number of hydrogen-bond acceptors (Lipinski definition) is 5. The Morgan fingerprint density at radius 3 is 2.96 bits per heavy atom. The molecule has 0 aromatic carbocycles. The lowest BCUT2D eigenvalue weighted by atomic mass is 10.1. The number of aromatic nitrogens is 1. The number of amides is 1. The number of hydrogen-bond donors (Lipinski definition) is 2. The van der Waals surface area contributed by atoms with Crippen molar-refractivity contribution in [3.8, 4) is 0 Å². The van der Waals surface area contributed by atoms with E-state index in [2.05, 4.69) is 15.8 Å². The molecule has 0 radical (unpaired) electrons. The average molecular weight is 326 g/mol. The van der Waals surface area contributed by atoms with E-state index in [1.54, 1.807) is 6.20 Å². The Hall–Kier alpha value is -2.18. The summed E-state index contributed by atoms with van der Waals surface area (Å²) in [6.45, 7) is 2.72. The van der Waals surface area contributed by atoms with Crippen LogP contribution in [0.5, 0.6) is 0 Å². The van der Waals surface area contributed by atoms with Crippen LogP contribution in [-0.2, 0) is 4.79 Å². The first-order valence-corrected chi connectivity index (χ1v) is 8.51. The molecule has 4 heterocycles. The summed E-state index contributed by atoms with van der Waals surface area (Å²) in [5.74, 6) is 1.90. The van der Waals surface area contributed by atoms with Crippen molar-refractivity contribution in [1.29, 1.82) is 0 Å². The molecule has 0 saturated carbocycles. The summed E-state index contributed by atoms with van der Waals surface area (Å²) < 4.78 is 5.67. The molecule has 3 atom stereocenters. The maximum Gasteiger partial charge on any atom is 0.241 e. The van der Waals surface area contributed by atoms with Crippen molar-refractivity contribution in [2.45, 2.75) is 44.3 Å². The van der Waals surface area contributed by atoms with Crippen molar-refractivity contribution in [3.05, 3.63) is 53.7 Å². The lowest BCUT2D eigenvalue weighted by Crippen LogP contribution is -2.45. The van der Waals surface area contributed by atoms with E-state index in [1.807, 2.05) is 42.2 Å². The van der Waals surface area contributed by atoms with E-state index >= 15 is 0 Å². The van der Waals surface area contributed by atoms with E-state index in [9.17, 15) is 4.79 Å². The molecule has 2 aromatic heterocycles. The topological polar surface area (TPSA) is 70.4 Å². The predicted molar refractivity (Wildman–Crippen MR) is 88.8 cm³/mol. The van der Waals surface area contributed by atoms with Crippen LogP contribution in [0.15, 0.2) is 40.9 Å². The van der Waals surface area contributed by atoms with E-state index in [4.69, 9.17) is 4.42 Å². The highest BCUT2D eigenvalue weighted by atomic mass is 16.3. The second-order valence-corrected chi connectivity index (χ2v) is 6.52. The number of carbonyl (C=O) groups is 1. The normalized spacial score (nSPS) is 26.9. The summed E-state index contributed by atoms with van der Waals surface area (Å²) in [6, 6.07) is 9.69. The third-order valence-corrected chi connectivity index (χ3v) is 4.87. The van der Waals surface area contributed by atoms with E-state index in [1.165, 1.54) is 0 Å². The molecule has 3 unspecified atom stereocenters. The van der Waals surface area contributed by atoms with E-state index < -0.39 is 0 Å². The molecule has 2 aliphatic rings. The standard InChI is InChI=1S/C18H22N4O2/c1-12-7-8-17(24-12)14-11-15(21-20-14)18(23)22-10-4-6-16(22)13-5-2-3-9-19-13/h2-3,5,7-9,14-16,20-21H,4,6,10-11H2,1H3. The molecule has 2 fully saturated rings. The molecular weight excluding hydrogens is 304 g/mol. The number of carbonyl (C=O) groups excluding carboxylic acids is 1. The molecule has 0 bridgehead atoms. The fraction of sp³-hybridized carbons (Fsp3) is 0.444. The summed E-state index contributed by atoms with van der Waals surface area (Å²) in [7, 11) is 0. The van der Waals surface area contributed by atoms with E-state index in [0.717, 1.165) is 36.6 Å². The van der Waals surface area contributed by atoms with E-state index in [-0.39, 0.29) is 24.0 Å². The van der Waals surface area contributed by atoms with Crippen LogP contribution in [0.1, 0.15) is 48.6 Å². The molecule has 0 aliphatic carbocycles. The Labute approximate surface area is 141 Å². The minimum atomic E-state index is -0.232. The number of aryl methyl sites for hydroxylation is 1. The van der Waals surface area contributed by atoms with Crippen molar-refractivity contribution in [2.24, 2.45) is 0 Å². The summed E-state index contributed by atoms with van der Waals surface area (Å²) >= 11 is 0. The van der Waals surface area contributed by atoms with Crippen LogP contribution < -0.4 is 10.9 Å². The summed E-state index contributed by atoms with van der Waals surface area (Å²) in [5, 5.41) is 0. The maximum absolute atomic E-state index is 13.0. The first kappa shape index (κ1) is 15.4. The van der Waals surface area contributed by atoms with Crippen molar-refractivity contribution in [3.63, 3.8) is 0 Å². The largest absolute Gasteiger partial charge is 0.465 e. The molecule has 1 amide bonds. The maximum atomic E-state index is 13.0. The lowest BCUT2D eigenvalue weighted by Gasteiger charge is -2.26. The molecule has 6 heteroatoms. The van der Waals surface area contributed by atoms with Gasteiger partial charge in [-0.3, -0.25) is 9.78 Å². The molecule has 2 aromatic rings. The second kappa shape index (κ2) is 6.37. The molecule has 6 nitrogen and oxygen atoms in total. The van der Waals surface area contributed by atoms with Gasteiger partial charge in [0.1, 0.15) is 17.6 Å². The first-order chi connectivity index (χ1) is 11.7. The SMILES string of the molecule is Cc1ccc(C2CC(C(=O)N3CCCC3c3ccccn3)NN2)o1. The van der Waals surface area contributed by atoms with Gasteiger partial charge in [-0.25, -0.2) is 10.9 Å². The van der Waals surface area contributed by atoms with Gasteiger partial charge >= 0.3 is 0 Å². The summed E-state index contributed by atoms with van der Waals surface area (Å²) in [5.41, 5.74) is 7.31. The summed E-state index contributed by atoms with van der Waals surface area (Å²) in [6.07, 6.45) is 4.48. The Kier molecular flexibility index (Phi) is 4.08. The van der Waals surface area contributed by atoms with Gasteiger partial charge in [0, 0.05) is 12.7 Å². The van der Waals surface area contributed by atoms with Crippen molar-refractivity contribution in [1.82, 2.24) is 20.7 Å².